The lowest BCUT2D eigenvalue weighted by Gasteiger charge is -2.10. The van der Waals surface area contributed by atoms with Crippen LogP contribution in [0.5, 0.6) is 5.75 Å². The van der Waals surface area contributed by atoms with E-state index >= 15 is 0 Å². The molecule has 5 aromatic rings. The lowest BCUT2D eigenvalue weighted by atomic mass is 10.2. The van der Waals surface area contributed by atoms with Crippen LogP contribution in [-0.4, -0.2) is 53.2 Å². The highest BCUT2D eigenvalue weighted by Gasteiger charge is 2.18. The third-order valence-electron chi connectivity index (χ3n) is 5.26. The first kappa shape index (κ1) is 24.2. The van der Waals surface area contributed by atoms with E-state index < -0.39 is 0 Å². The van der Waals surface area contributed by atoms with E-state index in [1.54, 1.807) is 0 Å². The molecule has 0 saturated carbocycles. The summed E-state index contributed by atoms with van der Waals surface area (Å²) in [6.45, 7) is 2.78. The molecule has 3 aromatic carbocycles. The number of benzene rings is 3. The summed E-state index contributed by atoms with van der Waals surface area (Å²) in [5, 5.41) is 25.1. The minimum absolute atomic E-state index is 0.149. The molecule has 1 amide bonds. The number of hydrogen-bond acceptors (Lipinski definition) is 8. The fraction of sp³-hybridized carbons (Fsp3) is 0.154. The highest BCUT2D eigenvalue weighted by Crippen LogP contribution is 2.23. The molecule has 5 rings (SSSR count). The Morgan fingerprint density at radius 1 is 0.919 bits per heavy atom. The van der Waals surface area contributed by atoms with Crippen molar-refractivity contribution in [3.8, 4) is 22.8 Å². The van der Waals surface area contributed by atoms with Crippen LogP contribution < -0.4 is 10.1 Å². The van der Waals surface area contributed by atoms with Crippen LogP contribution in [-0.2, 0) is 11.3 Å². The quantitative estimate of drug-likeness (QED) is 0.278. The van der Waals surface area contributed by atoms with Crippen molar-refractivity contribution in [3.05, 3.63) is 90.8 Å². The van der Waals surface area contributed by atoms with Gasteiger partial charge in [-0.25, -0.2) is 0 Å². The number of para-hydroxylation sites is 1. The van der Waals surface area contributed by atoms with Crippen molar-refractivity contribution in [3.63, 3.8) is 0 Å². The summed E-state index contributed by atoms with van der Waals surface area (Å²) in [5.74, 6) is 1.93. The summed E-state index contributed by atoms with van der Waals surface area (Å²) in [6, 6.07) is 26.7. The van der Waals surface area contributed by atoms with Gasteiger partial charge in [0.05, 0.1) is 12.4 Å². The Morgan fingerprint density at radius 2 is 1.65 bits per heavy atom. The number of thioether (sulfide) groups is 1. The SMILES string of the molecule is CCOc1ccc(NC(=O)CSc2nnc(Cn3nnc(-c4ccccc4)n3)n2-c2ccccc2)cc1. The molecule has 1 N–H and O–H groups in total. The van der Waals surface area contributed by atoms with Crippen LogP contribution in [0.4, 0.5) is 5.69 Å². The zero-order chi connectivity index (χ0) is 25.5. The Balaban J connectivity index is 1.31. The smallest absolute Gasteiger partial charge is 0.234 e. The van der Waals surface area contributed by atoms with Crippen LogP contribution in [0.15, 0.2) is 90.1 Å². The number of carbonyl (C=O) groups is 1. The highest BCUT2D eigenvalue weighted by molar-refractivity contribution is 7.99. The van der Waals surface area contributed by atoms with Crippen molar-refractivity contribution in [2.45, 2.75) is 18.6 Å². The largest absolute Gasteiger partial charge is 0.494 e. The Morgan fingerprint density at radius 3 is 2.38 bits per heavy atom. The van der Waals surface area contributed by atoms with Gasteiger partial charge in [0.25, 0.3) is 0 Å². The summed E-state index contributed by atoms with van der Waals surface area (Å²) in [4.78, 5) is 14.1. The van der Waals surface area contributed by atoms with Crippen LogP contribution in [0.1, 0.15) is 12.7 Å². The maximum absolute atomic E-state index is 12.6. The molecule has 37 heavy (non-hydrogen) atoms. The average molecular weight is 513 g/mol. The molecule has 0 spiro atoms. The first-order chi connectivity index (χ1) is 18.2. The normalized spacial score (nSPS) is 10.8. The Hall–Kier alpha value is -4.51. The molecule has 0 saturated heterocycles. The van der Waals surface area contributed by atoms with E-state index in [0.29, 0.717) is 29.1 Å². The van der Waals surface area contributed by atoms with Crippen LogP contribution in [0.2, 0.25) is 0 Å². The number of hydrogen-bond donors (Lipinski definition) is 1. The Labute approximate surface area is 217 Å². The van der Waals surface area contributed by atoms with Gasteiger partial charge in [0.1, 0.15) is 12.3 Å². The molecule has 2 aromatic heterocycles. The third kappa shape index (κ3) is 6.01. The predicted octanol–water partition coefficient (Wildman–Crippen LogP) is 4.10. The van der Waals surface area contributed by atoms with Gasteiger partial charge in [-0.05, 0) is 48.5 Å². The van der Waals surface area contributed by atoms with Gasteiger partial charge in [-0.3, -0.25) is 9.36 Å². The number of rotatable bonds is 10. The van der Waals surface area contributed by atoms with E-state index in [1.165, 1.54) is 16.6 Å². The maximum Gasteiger partial charge on any atom is 0.234 e. The highest BCUT2D eigenvalue weighted by atomic mass is 32.2. The van der Waals surface area contributed by atoms with Gasteiger partial charge in [-0.15, -0.1) is 20.4 Å². The second-order valence-corrected chi connectivity index (χ2v) is 8.82. The molecule has 0 aliphatic rings. The van der Waals surface area contributed by atoms with Crippen molar-refractivity contribution in [1.29, 1.82) is 0 Å². The van der Waals surface area contributed by atoms with Crippen molar-refractivity contribution < 1.29 is 9.53 Å². The minimum atomic E-state index is -0.149. The molecule has 2 heterocycles. The van der Waals surface area contributed by atoms with Gasteiger partial charge in [-0.2, -0.15) is 4.80 Å². The van der Waals surface area contributed by atoms with Crippen molar-refractivity contribution >= 4 is 23.4 Å². The number of tetrazole rings is 1. The molecule has 0 aliphatic carbocycles. The van der Waals surface area contributed by atoms with Crippen LogP contribution in [0.3, 0.4) is 0 Å². The molecule has 10 nitrogen and oxygen atoms in total. The monoisotopic (exact) mass is 512 g/mol. The van der Waals surface area contributed by atoms with E-state index in [9.17, 15) is 4.79 Å². The lowest BCUT2D eigenvalue weighted by Crippen LogP contribution is -2.15. The molecular formula is C26H24N8O2S. The van der Waals surface area contributed by atoms with Crippen molar-refractivity contribution in [2.75, 3.05) is 17.7 Å². The number of anilines is 1. The van der Waals surface area contributed by atoms with Gasteiger partial charge >= 0.3 is 0 Å². The number of carbonyl (C=O) groups excluding carboxylic acids is 1. The molecule has 0 aliphatic heterocycles. The first-order valence-corrected chi connectivity index (χ1v) is 12.7. The summed E-state index contributed by atoms with van der Waals surface area (Å²) < 4.78 is 7.35. The molecule has 0 bridgehead atoms. The Bertz CT molecular complexity index is 1450. The number of amides is 1. The van der Waals surface area contributed by atoms with Gasteiger partial charge in [0, 0.05) is 16.9 Å². The lowest BCUT2D eigenvalue weighted by molar-refractivity contribution is -0.113. The fourth-order valence-corrected chi connectivity index (χ4v) is 4.37. The summed E-state index contributed by atoms with van der Waals surface area (Å²) >= 11 is 1.30. The zero-order valence-electron chi connectivity index (χ0n) is 20.1. The molecule has 0 fully saturated rings. The van der Waals surface area contributed by atoms with E-state index in [1.807, 2.05) is 96.4 Å². The molecule has 0 atom stereocenters. The zero-order valence-corrected chi connectivity index (χ0v) is 20.9. The molecule has 11 heteroatoms. The topological polar surface area (TPSA) is 113 Å². The van der Waals surface area contributed by atoms with E-state index in [0.717, 1.165) is 17.0 Å². The first-order valence-electron chi connectivity index (χ1n) is 11.7. The summed E-state index contributed by atoms with van der Waals surface area (Å²) in [7, 11) is 0. The van der Waals surface area contributed by atoms with Crippen LogP contribution in [0.25, 0.3) is 17.1 Å². The molecule has 186 valence electrons. The summed E-state index contributed by atoms with van der Waals surface area (Å²) in [6.07, 6.45) is 0. The Kier molecular flexibility index (Phi) is 7.51. The second-order valence-electron chi connectivity index (χ2n) is 7.87. The maximum atomic E-state index is 12.6. The fourth-order valence-electron chi connectivity index (χ4n) is 3.60. The van der Waals surface area contributed by atoms with Gasteiger partial charge in [0.2, 0.25) is 11.7 Å². The second kappa shape index (κ2) is 11.5. The van der Waals surface area contributed by atoms with Gasteiger partial charge in [-0.1, -0.05) is 60.3 Å². The molecule has 0 unspecified atom stereocenters. The van der Waals surface area contributed by atoms with Crippen molar-refractivity contribution in [2.24, 2.45) is 0 Å². The molecular weight excluding hydrogens is 488 g/mol. The van der Waals surface area contributed by atoms with E-state index in [2.05, 4.69) is 30.9 Å². The molecule has 0 radical (unpaired) electrons. The number of nitrogens with zero attached hydrogens (tertiary/aromatic N) is 7. The number of aromatic nitrogens is 7. The van der Waals surface area contributed by atoms with Crippen molar-refractivity contribution in [1.82, 2.24) is 35.0 Å². The van der Waals surface area contributed by atoms with Crippen LogP contribution in [0, 0.1) is 0 Å². The van der Waals surface area contributed by atoms with Gasteiger partial charge < -0.3 is 10.1 Å². The standard InChI is InChI=1S/C26H24N8O2S/c1-2-36-22-15-13-20(14-16-22)27-24(35)18-37-26-30-28-23(34(26)21-11-7-4-8-12-21)17-33-31-25(29-32-33)19-9-5-3-6-10-19/h3-16H,2,17-18H2,1H3,(H,27,35). The van der Waals surface area contributed by atoms with Gasteiger partial charge in [0.15, 0.2) is 11.0 Å². The summed E-state index contributed by atoms with van der Waals surface area (Å²) in [5.41, 5.74) is 2.46. The van der Waals surface area contributed by atoms with E-state index in [-0.39, 0.29) is 18.2 Å². The number of nitrogens with one attached hydrogen (secondary N) is 1. The number of ether oxygens (including phenoxy) is 1. The average Bonchev–Trinajstić information content (AvgIpc) is 3.57. The predicted molar refractivity (Wildman–Crippen MR) is 141 cm³/mol. The minimum Gasteiger partial charge on any atom is -0.494 e. The van der Waals surface area contributed by atoms with Crippen LogP contribution >= 0.6 is 11.8 Å². The third-order valence-corrected chi connectivity index (χ3v) is 6.19. The van der Waals surface area contributed by atoms with E-state index in [4.69, 9.17) is 4.74 Å².